The van der Waals surface area contributed by atoms with Crippen LogP contribution >= 0.6 is 0 Å². The van der Waals surface area contributed by atoms with Gasteiger partial charge in [-0.25, -0.2) is 4.98 Å². The summed E-state index contributed by atoms with van der Waals surface area (Å²) in [4.78, 5) is 4.29. The summed E-state index contributed by atoms with van der Waals surface area (Å²) < 4.78 is 4.05. The highest BCUT2D eigenvalue weighted by molar-refractivity contribution is 5.25. The summed E-state index contributed by atoms with van der Waals surface area (Å²) in [6, 6.07) is 0. The van der Waals surface area contributed by atoms with Gasteiger partial charge < -0.3 is 14.5 Å². The van der Waals surface area contributed by atoms with E-state index >= 15 is 0 Å². The second-order valence-corrected chi connectivity index (χ2v) is 3.98. The minimum atomic E-state index is 0.813. The number of hydrogen-bond acceptors (Lipinski definition) is 4. The average Bonchev–Trinajstić information content (AvgIpc) is 2.90. The van der Waals surface area contributed by atoms with Crippen molar-refractivity contribution in [3.63, 3.8) is 0 Å². The molecule has 0 fully saturated rings. The molecule has 0 saturated carbocycles. The Morgan fingerprint density at radius 2 is 2.29 bits per heavy atom. The number of aromatic nitrogens is 5. The van der Waals surface area contributed by atoms with Gasteiger partial charge in [0.25, 0.3) is 0 Å². The molecular weight excluding hydrogens is 216 g/mol. The summed E-state index contributed by atoms with van der Waals surface area (Å²) >= 11 is 0. The lowest BCUT2D eigenvalue weighted by atomic mass is 10.4. The summed E-state index contributed by atoms with van der Waals surface area (Å²) in [6.07, 6.45) is 7.48. The molecule has 0 unspecified atom stereocenters. The zero-order chi connectivity index (χ0) is 12.1. The van der Waals surface area contributed by atoms with Crippen molar-refractivity contribution in [3.05, 3.63) is 24.5 Å². The van der Waals surface area contributed by atoms with Crippen molar-refractivity contribution >= 4 is 5.95 Å². The Hall–Kier alpha value is -1.85. The van der Waals surface area contributed by atoms with E-state index < -0.39 is 0 Å². The highest BCUT2D eigenvalue weighted by Crippen LogP contribution is 2.05. The van der Waals surface area contributed by atoms with E-state index in [2.05, 4.69) is 32.0 Å². The normalized spacial score (nSPS) is 10.7. The summed E-state index contributed by atoms with van der Waals surface area (Å²) in [5, 5.41) is 11.2. The van der Waals surface area contributed by atoms with E-state index in [0.29, 0.717) is 0 Å². The van der Waals surface area contributed by atoms with Gasteiger partial charge in [0.2, 0.25) is 5.95 Å². The zero-order valence-electron chi connectivity index (χ0n) is 10.3. The molecule has 1 N–H and O–H groups in total. The van der Waals surface area contributed by atoms with Crippen LogP contribution in [0.5, 0.6) is 0 Å². The fourth-order valence-corrected chi connectivity index (χ4v) is 1.72. The standard InChI is InChI=1S/C11H18N6/c1-3-7-17-8-6-13-11(17)12-5-4-10-15-14-9-16(10)2/h6,8-9H,3-5,7H2,1-2H3,(H,12,13). The summed E-state index contributed by atoms with van der Waals surface area (Å²) in [5.41, 5.74) is 0. The Labute approximate surface area is 101 Å². The molecule has 0 atom stereocenters. The second-order valence-electron chi connectivity index (χ2n) is 3.98. The van der Waals surface area contributed by atoms with Crippen LogP contribution in [0.3, 0.4) is 0 Å². The smallest absolute Gasteiger partial charge is 0.202 e. The number of nitrogens with zero attached hydrogens (tertiary/aromatic N) is 5. The van der Waals surface area contributed by atoms with Gasteiger partial charge in [0, 0.05) is 39.0 Å². The molecule has 0 bridgehead atoms. The van der Waals surface area contributed by atoms with Crippen LogP contribution in [0.25, 0.3) is 0 Å². The molecule has 0 spiro atoms. The first-order chi connectivity index (χ1) is 8.31. The maximum absolute atomic E-state index is 4.29. The van der Waals surface area contributed by atoms with Crippen LogP contribution in [-0.2, 0) is 20.0 Å². The van der Waals surface area contributed by atoms with E-state index in [4.69, 9.17) is 0 Å². The van der Waals surface area contributed by atoms with Crippen molar-refractivity contribution in [2.45, 2.75) is 26.3 Å². The van der Waals surface area contributed by atoms with Crippen LogP contribution in [-0.4, -0.2) is 30.9 Å². The van der Waals surface area contributed by atoms with E-state index in [1.807, 2.05) is 24.0 Å². The fraction of sp³-hybridized carbons (Fsp3) is 0.545. The molecule has 6 heteroatoms. The number of imidazole rings is 1. The maximum Gasteiger partial charge on any atom is 0.202 e. The summed E-state index contributed by atoms with van der Waals surface area (Å²) in [5.74, 6) is 1.90. The van der Waals surface area contributed by atoms with Gasteiger partial charge in [-0.05, 0) is 6.42 Å². The lowest BCUT2D eigenvalue weighted by Crippen LogP contribution is -2.12. The Balaban J connectivity index is 1.86. The molecule has 0 radical (unpaired) electrons. The molecular formula is C11H18N6. The van der Waals surface area contributed by atoms with Gasteiger partial charge in [-0.1, -0.05) is 6.92 Å². The first-order valence-corrected chi connectivity index (χ1v) is 5.89. The third-order valence-electron chi connectivity index (χ3n) is 2.62. The Morgan fingerprint density at radius 3 is 3.00 bits per heavy atom. The molecule has 92 valence electrons. The minimum Gasteiger partial charge on any atom is -0.355 e. The van der Waals surface area contributed by atoms with Crippen molar-refractivity contribution < 1.29 is 0 Å². The predicted molar refractivity (Wildman–Crippen MR) is 65.7 cm³/mol. The van der Waals surface area contributed by atoms with Gasteiger partial charge in [0.15, 0.2) is 0 Å². The molecule has 0 aliphatic rings. The largest absolute Gasteiger partial charge is 0.355 e. The number of nitrogens with one attached hydrogen (secondary N) is 1. The quantitative estimate of drug-likeness (QED) is 0.812. The van der Waals surface area contributed by atoms with Crippen molar-refractivity contribution in [3.8, 4) is 0 Å². The third kappa shape index (κ3) is 2.83. The SMILES string of the molecule is CCCn1ccnc1NCCc1nncn1C. The first-order valence-electron chi connectivity index (χ1n) is 5.89. The number of anilines is 1. The number of hydrogen-bond donors (Lipinski definition) is 1. The fourth-order valence-electron chi connectivity index (χ4n) is 1.72. The molecule has 2 rings (SSSR count). The molecule has 2 aromatic heterocycles. The third-order valence-corrected chi connectivity index (χ3v) is 2.62. The van der Waals surface area contributed by atoms with E-state index in [0.717, 1.165) is 37.7 Å². The monoisotopic (exact) mass is 234 g/mol. The highest BCUT2D eigenvalue weighted by atomic mass is 15.3. The topological polar surface area (TPSA) is 60.6 Å². The van der Waals surface area contributed by atoms with Crippen LogP contribution in [0.4, 0.5) is 5.95 Å². The molecule has 2 aromatic rings. The Kier molecular flexibility index (Phi) is 3.74. The van der Waals surface area contributed by atoms with E-state index in [-0.39, 0.29) is 0 Å². The molecule has 17 heavy (non-hydrogen) atoms. The molecule has 6 nitrogen and oxygen atoms in total. The Morgan fingerprint density at radius 1 is 1.41 bits per heavy atom. The van der Waals surface area contributed by atoms with Crippen LogP contribution in [0.15, 0.2) is 18.7 Å². The number of rotatable bonds is 6. The minimum absolute atomic E-state index is 0.813. The molecule has 0 amide bonds. The van der Waals surface area contributed by atoms with Gasteiger partial charge in [-0.3, -0.25) is 0 Å². The second kappa shape index (κ2) is 5.47. The molecule has 0 aliphatic heterocycles. The van der Waals surface area contributed by atoms with Crippen LogP contribution < -0.4 is 5.32 Å². The van der Waals surface area contributed by atoms with Gasteiger partial charge in [0.1, 0.15) is 12.2 Å². The Bertz CT molecular complexity index is 458. The highest BCUT2D eigenvalue weighted by Gasteiger charge is 2.03. The van der Waals surface area contributed by atoms with Gasteiger partial charge in [-0.2, -0.15) is 0 Å². The maximum atomic E-state index is 4.29. The van der Waals surface area contributed by atoms with Crippen LogP contribution in [0.2, 0.25) is 0 Å². The number of aryl methyl sites for hydroxylation is 2. The lowest BCUT2D eigenvalue weighted by Gasteiger charge is -2.08. The molecule has 2 heterocycles. The van der Waals surface area contributed by atoms with Gasteiger partial charge in [-0.15, -0.1) is 10.2 Å². The summed E-state index contributed by atoms with van der Waals surface area (Å²) in [7, 11) is 1.95. The first kappa shape index (κ1) is 11.6. The molecule has 0 aromatic carbocycles. The van der Waals surface area contributed by atoms with Crippen molar-refractivity contribution in [1.29, 1.82) is 0 Å². The van der Waals surface area contributed by atoms with Crippen LogP contribution in [0, 0.1) is 0 Å². The molecule has 0 aliphatic carbocycles. The van der Waals surface area contributed by atoms with Crippen LogP contribution in [0.1, 0.15) is 19.2 Å². The predicted octanol–water partition coefficient (Wildman–Crippen LogP) is 1.08. The van der Waals surface area contributed by atoms with E-state index in [1.54, 1.807) is 6.33 Å². The van der Waals surface area contributed by atoms with Crippen molar-refractivity contribution in [1.82, 2.24) is 24.3 Å². The zero-order valence-corrected chi connectivity index (χ0v) is 10.3. The summed E-state index contributed by atoms with van der Waals surface area (Å²) in [6.45, 7) is 3.96. The van der Waals surface area contributed by atoms with Gasteiger partial charge >= 0.3 is 0 Å². The van der Waals surface area contributed by atoms with E-state index in [1.165, 1.54) is 0 Å². The van der Waals surface area contributed by atoms with E-state index in [9.17, 15) is 0 Å². The average molecular weight is 234 g/mol. The lowest BCUT2D eigenvalue weighted by molar-refractivity contribution is 0.680. The van der Waals surface area contributed by atoms with Gasteiger partial charge in [0.05, 0.1) is 0 Å². The molecule has 0 saturated heterocycles. The van der Waals surface area contributed by atoms with Crippen molar-refractivity contribution in [2.24, 2.45) is 7.05 Å². The van der Waals surface area contributed by atoms with Crippen molar-refractivity contribution in [2.75, 3.05) is 11.9 Å².